The number of rotatable bonds is 6. The van der Waals surface area contributed by atoms with Crippen LogP contribution in [0.5, 0.6) is 5.75 Å². The lowest BCUT2D eigenvalue weighted by Crippen LogP contribution is -2.33. The molecule has 0 aliphatic carbocycles. The number of nitrogens with one attached hydrogen (secondary N) is 1. The van der Waals surface area contributed by atoms with Gasteiger partial charge in [-0.05, 0) is 49.4 Å². The van der Waals surface area contributed by atoms with Crippen LogP contribution in [0.2, 0.25) is 5.02 Å². The van der Waals surface area contributed by atoms with Crippen molar-refractivity contribution in [3.05, 3.63) is 64.9 Å². The second-order valence-electron chi connectivity index (χ2n) is 4.59. The number of hydrogen-bond acceptors (Lipinski definition) is 2. The van der Waals surface area contributed by atoms with Crippen molar-refractivity contribution >= 4 is 11.6 Å². The van der Waals surface area contributed by atoms with Gasteiger partial charge >= 0.3 is 0 Å². The normalized spacial score (nSPS) is 12.2. The van der Waals surface area contributed by atoms with Crippen LogP contribution in [0, 0.1) is 5.82 Å². The lowest BCUT2D eigenvalue weighted by atomic mass is 10.1. The zero-order valence-electron chi connectivity index (χ0n) is 11.3. The third kappa shape index (κ3) is 4.51. The molecule has 0 fully saturated rings. The van der Waals surface area contributed by atoms with Crippen LogP contribution in [0.25, 0.3) is 0 Å². The summed E-state index contributed by atoms with van der Waals surface area (Å²) in [6.45, 7) is 0.493. The number of benzene rings is 2. The van der Waals surface area contributed by atoms with Crippen molar-refractivity contribution in [1.82, 2.24) is 5.32 Å². The molecule has 0 radical (unpaired) electrons. The van der Waals surface area contributed by atoms with Gasteiger partial charge in [0.05, 0.1) is 0 Å². The molecule has 106 valence electrons. The monoisotopic (exact) mass is 293 g/mol. The summed E-state index contributed by atoms with van der Waals surface area (Å²) in [6.07, 6.45) is 0.703. The summed E-state index contributed by atoms with van der Waals surface area (Å²) in [5, 5.41) is 3.82. The Balaban J connectivity index is 1.92. The van der Waals surface area contributed by atoms with Gasteiger partial charge in [0, 0.05) is 11.1 Å². The summed E-state index contributed by atoms with van der Waals surface area (Å²) >= 11 is 5.90. The number of halogens is 2. The largest absolute Gasteiger partial charge is 0.492 e. The van der Waals surface area contributed by atoms with Gasteiger partial charge in [0.25, 0.3) is 0 Å². The third-order valence-electron chi connectivity index (χ3n) is 3.03. The molecule has 1 atom stereocenters. The topological polar surface area (TPSA) is 21.3 Å². The summed E-state index contributed by atoms with van der Waals surface area (Å²) in [5.74, 6) is 0.519. The molecule has 1 unspecified atom stereocenters. The van der Waals surface area contributed by atoms with E-state index in [0.29, 0.717) is 18.1 Å². The van der Waals surface area contributed by atoms with Crippen molar-refractivity contribution in [1.29, 1.82) is 0 Å². The molecule has 0 spiro atoms. The minimum Gasteiger partial charge on any atom is -0.492 e. The first-order valence-electron chi connectivity index (χ1n) is 6.47. The molecule has 0 heterocycles. The zero-order chi connectivity index (χ0) is 14.4. The smallest absolute Gasteiger partial charge is 0.123 e. The van der Waals surface area contributed by atoms with E-state index in [2.05, 4.69) is 5.32 Å². The lowest BCUT2D eigenvalue weighted by molar-refractivity contribution is 0.269. The fourth-order valence-corrected chi connectivity index (χ4v) is 2.13. The van der Waals surface area contributed by atoms with Gasteiger partial charge in [0.2, 0.25) is 0 Å². The molecule has 0 amide bonds. The van der Waals surface area contributed by atoms with Crippen molar-refractivity contribution in [2.75, 3.05) is 13.7 Å². The van der Waals surface area contributed by atoms with E-state index < -0.39 is 0 Å². The Hall–Kier alpha value is -1.58. The Labute approximate surface area is 123 Å². The molecule has 2 nitrogen and oxygen atoms in total. The summed E-state index contributed by atoms with van der Waals surface area (Å²) in [4.78, 5) is 0. The van der Waals surface area contributed by atoms with Crippen molar-refractivity contribution < 1.29 is 9.13 Å². The summed E-state index contributed by atoms with van der Waals surface area (Å²) < 4.78 is 18.9. The first-order chi connectivity index (χ1) is 9.67. The van der Waals surface area contributed by atoms with E-state index in [0.717, 1.165) is 11.3 Å². The van der Waals surface area contributed by atoms with E-state index in [-0.39, 0.29) is 11.9 Å². The van der Waals surface area contributed by atoms with Crippen LogP contribution in [0.15, 0.2) is 48.5 Å². The van der Waals surface area contributed by atoms with E-state index in [4.69, 9.17) is 16.3 Å². The zero-order valence-corrected chi connectivity index (χ0v) is 12.0. The quantitative estimate of drug-likeness (QED) is 0.877. The van der Waals surface area contributed by atoms with E-state index in [1.165, 1.54) is 6.07 Å². The maximum atomic E-state index is 13.2. The second-order valence-corrected chi connectivity index (χ2v) is 5.02. The van der Waals surface area contributed by atoms with Crippen LogP contribution in [-0.2, 0) is 6.42 Å². The van der Waals surface area contributed by atoms with Gasteiger partial charge in [-0.3, -0.25) is 0 Å². The minimum atomic E-state index is -0.215. The molecule has 0 bridgehead atoms. The third-order valence-corrected chi connectivity index (χ3v) is 3.26. The van der Waals surface area contributed by atoms with Crippen LogP contribution in [0.1, 0.15) is 5.56 Å². The van der Waals surface area contributed by atoms with Gasteiger partial charge < -0.3 is 10.1 Å². The Morgan fingerprint density at radius 3 is 2.70 bits per heavy atom. The Morgan fingerprint density at radius 2 is 2.00 bits per heavy atom. The molecular formula is C16H17ClFNO. The van der Waals surface area contributed by atoms with E-state index >= 15 is 0 Å². The maximum Gasteiger partial charge on any atom is 0.123 e. The standard InChI is InChI=1S/C16H17ClFNO/c1-19-15(9-12-4-2-6-14(18)8-12)11-20-16-7-3-5-13(17)10-16/h2-8,10,15,19H,9,11H2,1H3. The highest BCUT2D eigenvalue weighted by Gasteiger charge is 2.09. The van der Waals surface area contributed by atoms with Crippen molar-refractivity contribution in [2.45, 2.75) is 12.5 Å². The van der Waals surface area contributed by atoms with Crippen LogP contribution in [0.4, 0.5) is 4.39 Å². The predicted molar refractivity (Wildman–Crippen MR) is 79.9 cm³/mol. The Morgan fingerprint density at radius 1 is 1.20 bits per heavy atom. The molecule has 2 aromatic rings. The summed E-state index contributed by atoms with van der Waals surface area (Å²) in [6, 6.07) is 14.0. The van der Waals surface area contributed by atoms with Gasteiger partial charge in [-0.25, -0.2) is 4.39 Å². The fourth-order valence-electron chi connectivity index (χ4n) is 1.95. The molecule has 0 aliphatic rings. The van der Waals surface area contributed by atoms with Crippen molar-refractivity contribution in [2.24, 2.45) is 0 Å². The first-order valence-corrected chi connectivity index (χ1v) is 6.85. The van der Waals surface area contributed by atoms with Gasteiger partial charge in [0.1, 0.15) is 18.2 Å². The van der Waals surface area contributed by atoms with E-state index in [9.17, 15) is 4.39 Å². The lowest BCUT2D eigenvalue weighted by Gasteiger charge is -2.17. The summed E-state index contributed by atoms with van der Waals surface area (Å²) in [7, 11) is 1.87. The molecule has 2 aromatic carbocycles. The Kier molecular flexibility index (Phi) is 5.39. The molecule has 1 N–H and O–H groups in total. The van der Waals surface area contributed by atoms with E-state index in [1.54, 1.807) is 24.3 Å². The van der Waals surface area contributed by atoms with Gasteiger partial charge in [-0.2, -0.15) is 0 Å². The second kappa shape index (κ2) is 7.27. The molecule has 4 heteroatoms. The van der Waals surface area contributed by atoms with Gasteiger partial charge in [-0.1, -0.05) is 29.8 Å². The molecule has 0 saturated heterocycles. The molecule has 2 rings (SSSR count). The van der Waals surface area contributed by atoms with Gasteiger partial charge in [-0.15, -0.1) is 0 Å². The predicted octanol–water partition coefficient (Wildman–Crippen LogP) is 3.69. The minimum absolute atomic E-state index is 0.107. The highest BCUT2D eigenvalue weighted by atomic mass is 35.5. The molecule has 20 heavy (non-hydrogen) atoms. The SMILES string of the molecule is CNC(COc1cccc(Cl)c1)Cc1cccc(F)c1. The molecule has 0 aromatic heterocycles. The van der Waals surface area contributed by atoms with Crippen molar-refractivity contribution in [3.63, 3.8) is 0 Å². The van der Waals surface area contributed by atoms with E-state index in [1.807, 2.05) is 25.2 Å². The number of ether oxygens (including phenoxy) is 1. The highest BCUT2D eigenvalue weighted by Crippen LogP contribution is 2.17. The molecule has 0 saturated carbocycles. The average Bonchev–Trinajstić information content (AvgIpc) is 2.43. The number of likely N-dealkylation sites (N-methyl/N-ethyl adjacent to an activating group) is 1. The molecular weight excluding hydrogens is 277 g/mol. The van der Waals surface area contributed by atoms with Crippen molar-refractivity contribution in [3.8, 4) is 5.75 Å². The fraction of sp³-hybridized carbons (Fsp3) is 0.250. The first kappa shape index (κ1) is 14.8. The molecule has 0 aliphatic heterocycles. The number of hydrogen-bond donors (Lipinski definition) is 1. The highest BCUT2D eigenvalue weighted by molar-refractivity contribution is 6.30. The maximum absolute atomic E-state index is 13.2. The Bertz CT molecular complexity index is 562. The van der Waals surface area contributed by atoms with Crippen LogP contribution in [0.3, 0.4) is 0 Å². The van der Waals surface area contributed by atoms with Crippen LogP contribution >= 0.6 is 11.6 Å². The van der Waals surface area contributed by atoms with Crippen LogP contribution in [-0.4, -0.2) is 19.7 Å². The van der Waals surface area contributed by atoms with Crippen LogP contribution < -0.4 is 10.1 Å². The average molecular weight is 294 g/mol. The van der Waals surface area contributed by atoms with Gasteiger partial charge in [0.15, 0.2) is 0 Å². The summed E-state index contributed by atoms with van der Waals surface area (Å²) in [5.41, 5.74) is 0.944.